The number of aromatic amines is 1. The highest BCUT2D eigenvalue weighted by atomic mass is 19.4. The number of pyridine rings is 1. The monoisotopic (exact) mass is 597 g/mol. The molecule has 6 aromatic rings. The van der Waals surface area contributed by atoms with Gasteiger partial charge in [0, 0.05) is 17.8 Å². The van der Waals surface area contributed by atoms with Gasteiger partial charge in [0.2, 0.25) is 0 Å². The smallest absolute Gasteiger partial charge is 0.489 e. The van der Waals surface area contributed by atoms with E-state index in [2.05, 4.69) is 28.2 Å². The van der Waals surface area contributed by atoms with Gasteiger partial charge < -0.3 is 19.6 Å². The predicted molar refractivity (Wildman–Crippen MR) is 160 cm³/mol. The van der Waals surface area contributed by atoms with E-state index in [0.29, 0.717) is 30.4 Å². The second kappa shape index (κ2) is 13.6. The van der Waals surface area contributed by atoms with Gasteiger partial charge in [0.15, 0.2) is 5.65 Å². The van der Waals surface area contributed by atoms with E-state index in [9.17, 15) is 13.2 Å². The first-order valence-corrected chi connectivity index (χ1v) is 13.5. The number of aliphatic carboxylic acids is 1. The second-order valence-electron chi connectivity index (χ2n) is 9.56. The Kier molecular flexibility index (Phi) is 9.19. The minimum absolute atomic E-state index is 0.437. The highest BCUT2D eigenvalue weighted by molar-refractivity contribution is 5.82. The molecule has 2 aromatic heterocycles. The summed E-state index contributed by atoms with van der Waals surface area (Å²) in [4.78, 5) is 21.7. The molecule has 6 rings (SSSR count). The van der Waals surface area contributed by atoms with E-state index in [1.54, 1.807) is 0 Å². The Bertz CT molecular complexity index is 1830. The zero-order valence-electron chi connectivity index (χ0n) is 23.2. The maximum atomic E-state index is 10.6. The molecular formula is C34H26F3N3O4. The van der Waals surface area contributed by atoms with Crippen LogP contribution in [0.15, 0.2) is 121 Å². The molecule has 0 aliphatic heterocycles. The number of nitrogens with one attached hydrogen (secondary N) is 1. The molecule has 2 N–H and O–H groups in total. The number of carbonyl (C=O) groups is 1. The van der Waals surface area contributed by atoms with Crippen LogP contribution in [-0.4, -0.2) is 32.2 Å². The van der Waals surface area contributed by atoms with Crippen LogP contribution in [0.3, 0.4) is 0 Å². The van der Waals surface area contributed by atoms with Crippen molar-refractivity contribution in [2.24, 2.45) is 0 Å². The van der Waals surface area contributed by atoms with Crippen LogP contribution >= 0.6 is 0 Å². The first kappa shape index (κ1) is 29.8. The van der Waals surface area contributed by atoms with Gasteiger partial charge in [-0.15, -0.1) is 0 Å². The van der Waals surface area contributed by atoms with Gasteiger partial charge in [0.05, 0.1) is 11.1 Å². The first-order chi connectivity index (χ1) is 21.3. The molecule has 0 aliphatic rings. The summed E-state index contributed by atoms with van der Waals surface area (Å²) in [6.07, 6.45) is -3.23. The molecular weight excluding hydrogens is 571 g/mol. The van der Waals surface area contributed by atoms with Crippen molar-refractivity contribution >= 4 is 17.1 Å². The van der Waals surface area contributed by atoms with E-state index < -0.39 is 12.1 Å². The zero-order chi connectivity index (χ0) is 30.9. The van der Waals surface area contributed by atoms with Gasteiger partial charge in [0.25, 0.3) is 0 Å². The maximum absolute atomic E-state index is 10.6. The van der Waals surface area contributed by atoms with Crippen molar-refractivity contribution in [2.45, 2.75) is 19.4 Å². The lowest BCUT2D eigenvalue weighted by Crippen LogP contribution is -2.21. The standard InChI is InChI=1S/C32H25N3O2.C2HF3O2/c1-4-10-23(11-5-1)21-36-27-16-17-28(30(19-27)37-22-24-12-6-2-7-13-24)31-34-29-18-26(20-33-32(29)35-31)25-14-8-3-9-15-25;3-2(4,5)1(6)7/h1-20H,21-22H2,(H,33,34,35);(H,6,7). The first-order valence-electron chi connectivity index (χ1n) is 13.5. The van der Waals surface area contributed by atoms with Crippen LogP contribution in [0.25, 0.3) is 33.7 Å². The number of nitrogens with zero attached hydrogens (tertiary/aromatic N) is 2. The molecule has 222 valence electrons. The number of imidazole rings is 1. The average molecular weight is 598 g/mol. The molecule has 0 saturated carbocycles. The summed E-state index contributed by atoms with van der Waals surface area (Å²) in [6, 6.07) is 38.4. The fourth-order valence-corrected chi connectivity index (χ4v) is 4.20. The van der Waals surface area contributed by atoms with E-state index in [-0.39, 0.29) is 0 Å². The van der Waals surface area contributed by atoms with Gasteiger partial charge in [-0.1, -0.05) is 91.0 Å². The number of carboxylic acid groups (broad SMARTS) is 1. The number of hydrogen-bond acceptors (Lipinski definition) is 5. The molecule has 0 radical (unpaired) electrons. The fourth-order valence-electron chi connectivity index (χ4n) is 4.20. The Morgan fingerprint density at radius 3 is 1.91 bits per heavy atom. The van der Waals surface area contributed by atoms with E-state index >= 15 is 0 Å². The van der Waals surface area contributed by atoms with Crippen molar-refractivity contribution in [2.75, 3.05) is 0 Å². The molecule has 0 saturated heterocycles. The van der Waals surface area contributed by atoms with Crippen LogP contribution < -0.4 is 9.47 Å². The summed E-state index contributed by atoms with van der Waals surface area (Å²) in [5, 5.41) is 7.12. The Hall–Kier alpha value is -5.64. The van der Waals surface area contributed by atoms with Gasteiger partial charge >= 0.3 is 12.1 Å². The van der Waals surface area contributed by atoms with Crippen LogP contribution in [0.5, 0.6) is 11.5 Å². The number of ether oxygens (including phenoxy) is 2. The van der Waals surface area contributed by atoms with Crippen molar-refractivity contribution in [3.63, 3.8) is 0 Å². The van der Waals surface area contributed by atoms with Crippen LogP contribution in [0.4, 0.5) is 13.2 Å². The summed E-state index contributed by atoms with van der Waals surface area (Å²) in [5.74, 6) is -0.633. The summed E-state index contributed by atoms with van der Waals surface area (Å²) in [6.45, 7) is 0.918. The lowest BCUT2D eigenvalue weighted by Gasteiger charge is -2.13. The Morgan fingerprint density at radius 1 is 0.750 bits per heavy atom. The lowest BCUT2D eigenvalue weighted by molar-refractivity contribution is -0.192. The van der Waals surface area contributed by atoms with Crippen molar-refractivity contribution in [1.29, 1.82) is 0 Å². The van der Waals surface area contributed by atoms with Crippen LogP contribution in [0.1, 0.15) is 11.1 Å². The molecule has 44 heavy (non-hydrogen) atoms. The fraction of sp³-hybridized carbons (Fsp3) is 0.0882. The number of rotatable bonds is 8. The number of benzene rings is 4. The normalized spacial score (nSPS) is 11.0. The van der Waals surface area contributed by atoms with E-state index in [1.165, 1.54) is 0 Å². The van der Waals surface area contributed by atoms with Crippen molar-refractivity contribution in [1.82, 2.24) is 15.0 Å². The quantitative estimate of drug-likeness (QED) is 0.184. The highest BCUT2D eigenvalue weighted by Gasteiger charge is 2.38. The summed E-state index contributed by atoms with van der Waals surface area (Å²) in [7, 11) is 0. The average Bonchev–Trinajstić information content (AvgIpc) is 3.47. The molecule has 10 heteroatoms. The summed E-state index contributed by atoms with van der Waals surface area (Å²) in [5.41, 5.74) is 6.72. The van der Waals surface area contributed by atoms with Crippen LogP contribution in [0, 0.1) is 0 Å². The van der Waals surface area contributed by atoms with Crippen LogP contribution in [0.2, 0.25) is 0 Å². The van der Waals surface area contributed by atoms with E-state index in [1.807, 2.05) is 103 Å². The SMILES string of the molecule is O=C(O)C(F)(F)F.c1ccc(COc2ccc(-c3nc4ncc(-c5ccccc5)cc4[nH]3)c(OCc3ccccc3)c2)cc1. The number of halogens is 3. The molecule has 0 amide bonds. The van der Waals surface area contributed by atoms with Gasteiger partial charge in [-0.2, -0.15) is 13.2 Å². The van der Waals surface area contributed by atoms with Crippen molar-refractivity contribution < 1.29 is 32.5 Å². The summed E-state index contributed by atoms with van der Waals surface area (Å²) >= 11 is 0. The predicted octanol–water partition coefficient (Wildman–Crippen LogP) is 8.08. The third-order valence-corrected chi connectivity index (χ3v) is 6.38. The Labute approximate surface area is 250 Å². The topological polar surface area (TPSA) is 97.3 Å². The maximum Gasteiger partial charge on any atom is 0.490 e. The molecule has 0 fully saturated rings. The minimum Gasteiger partial charge on any atom is -0.489 e. The van der Waals surface area contributed by atoms with Crippen molar-refractivity contribution in [3.05, 3.63) is 133 Å². The molecule has 0 atom stereocenters. The third kappa shape index (κ3) is 7.80. The number of fused-ring (bicyclic) bond motifs is 1. The number of H-pyrrole nitrogens is 1. The molecule has 4 aromatic carbocycles. The zero-order valence-corrected chi connectivity index (χ0v) is 23.2. The van der Waals surface area contributed by atoms with E-state index in [0.717, 1.165) is 39.1 Å². The van der Waals surface area contributed by atoms with Gasteiger partial charge in [0.1, 0.15) is 30.5 Å². The molecule has 0 spiro atoms. The molecule has 2 heterocycles. The minimum atomic E-state index is -5.08. The Balaban J connectivity index is 0.000000493. The largest absolute Gasteiger partial charge is 0.490 e. The molecule has 7 nitrogen and oxygen atoms in total. The van der Waals surface area contributed by atoms with Gasteiger partial charge in [-0.25, -0.2) is 14.8 Å². The molecule has 0 bridgehead atoms. The lowest BCUT2D eigenvalue weighted by atomic mass is 10.1. The van der Waals surface area contributed by atoms with Gasteiger partial charge in [-0.3, -0.25) is 0 Å². The number of aromatic nitrogens is 3. The van der Waals surface area contributed by atoms with Crippen LogP contribution in [-0.2, 0) is 18.0 Å². The van der Waals surface area contributed by atoms with Crippen molar-refractivity contribution in [3.8, 4) is 34.0 Å². The Morgan fingerprint density at radius 2 is 1.32 bits per heavy atom. The summed E-state index contributed by atoms with van der Waals surface area (Å²) < 4.78 is 44.1. The third-order valence-electron chi connectivity index (χ3n) is 6.38. The van der Waals surface area contributed by atoms with E-state index in [4.69, 9.17) is 24.4 Å². The highest BCUT2D eigenvalue weighted by Crippen LogP contribution is 2.34. The molecule has 0 aliphatic carbocycles. The second-order valence-corrected chi connectivity index (χ2v) is 9.56. The molecule has 0 unspecified atom stereocenters. The number of hydrogen-bond donors (Lipinski definition) is 2. The number of alkyl halides is 3. The number of carboxylic acids is 1. The van der Waals surface area contributed by atoms with Gasteiger partial charge in [-0.05, 0) is 34.9 Å².